The SMILES string of the molecule is C1CCC2C(C1)CCN2c1nc(C2CC2)ns1. The van der Waals surface area contributed by atoms with E-state index >= 15 is 0 Å². The molecule has 2 heterocycles. The molecule has 0 aromatic carbocycles. The van der Waals surface area contributed by atoms with Gasteiger partial charge in [-0.2, -0.15) is 4.37 Å². The van der Waals surface area contributed by atoms with E-state index in [-0.39, 0.29) is 0 Å². The van der Waals surface area contributed by atoms with Crippen LogP contribution >= 0.6 is 11.5 Å². The molecule has 1 saturated heterocycles. The monoisotopic (exact) mass is 249 g/mol. The Bertz CT molecular complexity index is 413. The van der Waals surface area contributed by atoms with Crippen LogP contribution in [0, 0.1) is 5.92 Å². The van der Waals surface area contributed by atoms with Gasteiger partial charge in [0.25, 0.3) is 0 Å². The number of aromatic nitrogens is 2. The van der Waals surface area contributed by atoms with Crippen molar-refractivity contribution in [1.82, 2.24) is 9.36 Å². The molecule has 3 fully saturated rings. The highest BCUT2D eigenvalue weighted by Gasteiger charge is 2.38. The largest absolute Gasteiger partial charge is 0.344 e. The first kappa shape index (κ1) is 10.3. The fourth-order valence-corrected chi connectivity index (χ4v) is 4.32. The third-order valence-corrected chi connectivity index (χ3v) is 5.40. The van der Waals surface area contributed by atoms with E-state index in [4.69, 9.17) is 4.98 Å². The summed E-state index contributed by atoms with van der Waals surface area (Å²) >= 11 is 1.64. The molecule has 3 aliphatic rings. The molecule has 1 aromatic heterocycles. The van der Waals surface area contributed by atoms with E-state index in [2.05, 4.69) is 9.27 Å². The van der Waals surface area contributed by atoms with Crippen LogP contribution in [0.3, 0.4) is 0 Å². The molecule has 1 aliphatic heterocycles. The molecular weight excluding hydrogens is 230 g/mol. The summed E-state index contributed by atoms with van der Waals surface area (Å²) in [6.07, 6.45) is 9.66. The van der Waals surface area contributed by atoms with E-state index in [1.54, 1.807) is 11.5 Å². The highest BCUT2D eigenvalue weighted by Crippen LogP contribution is 2.42. The molecule has 3 nitrogen and oxygen atoms in total. The maximum absolute atomic E-state index is 4.78. The zero-order valence-electron chi connectivity index (χ0n) is 10.1. The summed E-state index contributed by atoms with van der Waals surface area (Å²) in [4.78, 5) is 7.34. The fraction of sp³-hybridized carbons (Fsp3) is 0.846. The van der Waals surface area contributed by atoms with Crippen molar-refractivity contribution < 1.29 is 0 Å². The second-order valence-corrected chi connectivity index (χ2v) is 6.53. The van der Waals surface area contributed by atoms with Gasteiger partial charge in [0.2, 0.25) is 5.13 Å². The molecule has 0 amide bonds. The van der Waals surface area contributed by atoms with Crippen molar-refractivity contribution in [2.24, 2.45) is 5.92 Å². The van der Waals surface area contributed by atoms with Crippen molar-refractivity contribution in [3.8, 4) is 0 Å². The Hall–Kier alpha value is -0.640. The fourth-order valence-electron chi connectivity index (χ4n) is 3.49. The molecule has 0 spiro atoms. The van der Waals surface area contributed by atoms with Gasteiger partial charge in [-0.15, -0.1) is 0 Å². The van der Waals surface area contributed by atoms with Crippen molar-refractivity contribution in [1.29, 1.82) is 0 Å². The van der Waals surface area contributed by atoms with Gasteiger partial charge in [-0.25, -0.2) is 4.98 Å². The summed E-state index contributed by atoms with van der Waals surface area (Å²) in [6, 6.07) is 0.781. The van der Waals surface area contributed by atoms with Crippen molar-refractivity contribution in [2.75, 3.05) is 11.4 Å². The molecule has 2 atom stereocenters. The minimum Gasteiger partial charge on any atom is -0.344 e. The van der Waals surface area contributed by atoms with E-state index in [9.17, 15) is 0 Å². The van der Waals surface area contributed by atoms with Gasteiger partial charge in [0.15, 0.2) is 0 Å². The maximum atomic E-state index is 4.78. The second kappa shape index (κ2) is 3.94. The Morgan fingerprint density at radius 2 is 1.94 bits per heavy atom. The Kier molecular flexibility index (Phi) is 2.39. The molecule has 0 bridgehead atoms. The number of anilines is 1. The Balaban J connectivity index is 1.56. The van der Waals surface area contributed by atoms with Gasteiger partial charge >= 0.3 is 0 Å². The van der Waals surface area contributed by atoms with Gasteiger partial charge < -0.3 is 4.90 Å². The summed E-state index contributed by atoms with van der Waals surface area (Å²) in [5, 5.41) is 1.21. The van der Waals surface area contributed by atoms with Crippen LogP contribution in [0.4, 0.5) is 5.13 Å². The lowest BCUT2D eigenvalue weighted by atomic mass is 9.85. The number of hydrogen-bond acceptors (Lipinski definition) is 4. The van der Waals surface area contributed by atoms with Crippen LogP contribution in [0.15, 0.2) is 0 Å². The number of rotatable bonds is 2. The minimum atomic E-state index is 0.699. The van der Waals surface area contributed by atoms with E-state index in [1.807, 2.05) is 0 Å². The molecule has 4 heteroatoms. The van der Waals surface area contributed by atoms with Crippen molar-refractivity contribution >= 4 is 16.7 Å². The number of fused-ring (bicyclic) bond motifs is 1. The lowest BCUT2D eigenvalue weighted by Crippen LogP contribution is -2.34. The maximum Gasteiger partial charge on any atom is 0.205 e. The summed E-state index contributed by atoms with van der Waals surface area (Å²) in [5.41, 5.74) is 0. The first-order chi connectivity index (χ1) is 8.42. The molecule has 0 N–H and O–H groups in total. The Morgan fingerprint density at radius 3 is 2.82 bits per heavy atom. The van der Waals surface area contributed by atoms with Gasteiger partial charge in [0.05, 0.1) is 0 Å². The van der Waals surface area contributed by atoms with Crippen LogP contribution in [-0.2, 0) is 0 Å². The van der Waals surface area contributed by atoms with Crippen molar-refractivity contribution in [2.45, 2.75) is 56.9 Å². The normalized spacial score (nSPS) is 32.8. The van der Waals surface area contributed by atoms with Crippen LogP contribution in [-0.4, -0.2) is 21.9 Å². The highest BCUT2D eigenvalue weighted by molar-refractivity contribution is 7.09. The Labute approximate surface area is 106 Å². The molecule has 4 rings (SSSR count). The molecule has 2 saturated carbocycles. The molecule has 17 heavy (non-hydrogen) atoms. The van der Waals surface area contributed by atoms with E-state index in [0.717, 1.165) is 17.8 Å². The smallest absolute Gasteiger partial charge is 0.205 e. The number of nitrogens with zero attached hydrogens (tertiary/aromatic N) is 3. The molecule has 1 aromatic rings. The zero-order valence-corrected chi connectivity index (χ0v) is 11.0. The minimum absolute atomic E-state index is 0.699. The zero-order chi connectivity index (χ0) is 11.2. The molecule has 92 valence electrons. The van der Waals surface area contributed by atoms with Crippen molar-refractivity contribution in [3.05, 3.63) is 5.82 Å². The van der Waals surface area contributed by atoms with Gasteiger partial charge in [-0.3, -0.25) is 0 Å². The van der Waals surface area contributed by atoms with Crippen LogP contribution in [0.2, 0.25) is 0 Å². The molecular formula is C13H19N3S. The van der Waals surface area contributed by atoms with Gasteiger partial charge in [0, 0.05) is 30.0 Å². The summed E-state index contributed by atoms with van der Waals surface area (Å²) in [5.74, 6) is 2.77. The van der Waals surface area contributed by atoms with Crippen LogP contribution in [0.5, 0.6) is 0 Å². The molecule has 0 radical (unpaired) electrons. The summed E-state index contributed by atoms with van der Waals surface area (Å²) < 4.78 is 4.55. The standard InChI is InChI=1S/C13H19N3S/c1-2-4-11-9(3-1)7-8-16(11)13-14-12(15-17-13)10-5-6-10/h9-11H,1-8H2. The summed E-state index contributed by atoms with van der Waals surface area (Å²) in [7, 11) is 0. The average molecular weight is 249 g/mol. The predicted molar refractivity (Wildman–Crippen MR) is 69.6 cm³/mol. The van der Waals surface area contributed by atoms with Crippen molar-refractivity contribution in [3.63, 3.8) is 0 Å². The lowest BCUT2D eigenvalue weighted by Gasteiger charge is -2.31. The van der Waals surface area contributed by atoms with Gasteiger partial charge in [-0.1, -0.05) is 12.8 Å². The van der Waals surface area contributed by atoms with E-state index in [1.165, 1.54) is 56.6 Å². The average Bonchev–Trinajstić information content (AvgIpc) is 2.95. The third-order valence-electron chi connectivity index (χ3n) is 4.63. The molecule has 2 aliphatic carbocycles. The second-order valence-electron chi connectivity index (χ2n) is 5.80. The first-order valence-corrected chi connectivity index (χ1v) is 7.79. The van der Waals surface area contributed by atoms with Gasteiger partial charge in [0.1, 0.15) is 5.82 Å². The van der Waals surface area contributed by atoms with Crippen LogP contribution in [0.1, 0.15) is 56.7 Å². The molecule has 2 unspecified atom stereocenters. The first-order valence-electron chi connectivity index (χ1n) is 7.02. The lowest BCUT2D eigenvalue weighted by molar-refractivity contribution is 0.342. The van der Waals surface area contributed by atoms with Crippen LogP contribution < -0.4 is 4.90 Å². The van der Waals surface area contributed by atoms with E-state index < -0.39 is 0 Å². The Morgan fingerprint density at radius 1 is 1.06 bits per heavy atom. The third kappa shape index (κ3) is 1.77. The number of hydrogen-bond donors (Lipinski definition) is 0. The van der Waals surface area contributed by atoms with Crippen LogP contribution in [0.25, 0.3) is 0 Å². The topological polar surface area (TPSA) is 29.0 Å². The predicted octanol–water partition coefficient (Wildman–Crippen LogP) is 3.18. The van der Waals surface area contributed by atoms with E-state index in [0.29, 0.717) is 5.92 Å². The highest BCUT2D eigenvalue weighted by atomic mass is 32.1. The quantitative estimate of drug-likeness (QED) is 0.806. The summed E-state index contributed by atoms with van der Waals surface area (Å²) in [6.45, 7) is 1.22. The van der Waals surface area contributed by atoms with Gasteiger partial charge in [-0.05, 0) is 38.0 Å².